The van der Waals surface area contributed by atoms with Gasteiger partial charge in [-0.2, -0.15) is 5.10 Å². The molecule has 0 aliphatic carbocycles. The summed E-state index contributed by atoms with van der Waals surface area (Å²) in [5.74, 6) is -0.198. The lowest BCUT2D eigenvalue weighted by Gasteiger charge is -2.22. The quantitative estimate of drug-likeness (QED) is 0.875. The zero-order valence-electron chi connectivity index (χ0n) is 12.4. The van der Waals surface area contributed by atoms with Crippen LogP contribution in [0.3, 0.4) is 0 Å². The highest BCUT2D eigenvalue weighted by Crippen LogP contribution is 2.25. The topological polar surface area (TPSA) is 29.9 Å². The van der Waals surface area contributed by atoms with Gasteiger partial charge < -0.3 is 5.32 Å². The predicted octanol–water partition coefficient (Wildman–Crippen LogP) is 3.44. The van der Waals surface area contributed by atoms with Crippen molar-refractivity contribution in [3.05, 3.63) is 53.1 Å². The van der Waals surface area contributed by atoms with Crippen molar-refractivity contribution < 1.29 is 4.39 Å². The maximum absolute atomic E-state index is 13.6. The van der Waals surface area contributed by atoms with Crippen LogP contribution < -0.4 is 5.32 Å². The van der Waals surface area contributed by atoms with Crippen LogP contribution in [0.5, 0.6) is 0 Å². The second-order valence-electron chi connectivity index (χ2n) is 4.96. The number of hydrogen-bond acceptors (Lipinski definition) is 2. The molecule has 0 spiro atoms. The van der Waals surface area contributed by atoms with Crippen LogP contribution >= 0.6 is 0 Å². The Morgan fingerprint density at radius 2 is 2.10 bits per heavy atom. The third-order valence-electron chi connectivity index (χ3n) is 3.50. The molecule has 0 amide bonds. The fraction of sp³-hybridized carbons (Fsp3) is 0.438. The number of aryl methyl sites for hydroxylation is 2. The molecule has 4 heteroatoms. The minimum absolute atomic E-state index is 0.0203. The van der Waals surface area contributed by atoms with E-state index in [-0.39, 0.29) is 11.9 Å². The van der Waals surface area contributed by atoms with Crippen LogP contribution in [0.4, 0.5) is 4.39 Å². The normalized spacial score (nSPS) is 12.6. The van der Waals surface area contributed by atoms with E-state index in [1.807, 2.05) is 23.7 Å². The standard InChI is InChI=1S/C16H22FN3/c1-4-9-18-16(15-8-10-19-20(15)5-2)14-11-13(17)7-6-12(14)3/h6-8,10-11,16,18H,4-5,9H2,1-3H3. The lowest BCUT2D eigenvalue weighted by Crippen LogP contribution is -2.26. The van der Waals surface area contributed by atoms with E-state index < -0.39 is 0 Å². The Kier molecular flexibility index (Phi) is 4.90. The average Bonchev–Trinajstić information content (AvgIpc) is 2.91. The van der Waals surface area contributed by atoms with Gasteiger partial charge in [0, 0.05) is 12.7 Å². The van der Waals surface area contributed by atoms with Gasteiger partial charge in [-0.15, -0.1) is 0 Å². The van der Waals surface area contributed by atoms with Crippen LogP contribution in [-0.2, 0) is 6.54 Å². The van der Waals surface area contributed by atoms with Gasteiger partial charge in [-0.05, 0) is 56.1 Å². The molecule has 2 rings (SSSR count). The lowest BCUT2D eigenvalue weighted by atomic mass is 9.98. The van der Waals surface area contributed by atoms with E-state index in [0.29, 0.717) is 0 Å². The fourth-order valence-electron chi connectivity index (χ4n) is 2.44. The minimum Gasteiger partial charge on any atom is -0.305 e. The van der Waals surface area contributed by atoms with Gasteiger partial charge in [-0.25, -0.2) is 4.39 Å². The van der Waals surface area contributed by atoms with Gasteiger partial charge >= 0.3 is 0 Å². The van der Waals surface area contributed by atoms with Crippen molar-refractivity contribution in [2.45, 2.75) is 39.8 Å². The summed E-state index contributed by atoms with van der Waals surface area (Å²) in [4.78, 5) is 0. The van der Waals surface area contributed by atoms with E-state index in [0.717, 1.165) is 36.3 Å². The van der Waals surface area contributed by atoms with Crippen LogP contribution in [0.25, 0.3) is 0 Å². The summed E-state index contributed by atoms with van der Waals surface area (Å²) in [5, 5.41) is 7.83. The molecule has 1 unspecified atom stereocenters. The van der Waals surface area contributed by atoms with E-state index in [1.165, 1.54) is 6.07 Å². The molecule has 1 atom stereocenters. The second-order valence-corrected chi connectivity index (χ2v) is 4.96. The molecule has 0 saturated heterocycles. The number of rotatable bonds is 6. The van der Waals surface area contributed by atoms with Crippen LogP contribution in [0.1, 0.15) is 43.1 Å². The van der Waals surface area contributed by atoms with E-state index in [2.05, 4.69) is 24.3 Å². The van der Waals surface area contributed by atoms with Crippen molar-refractivity contribution in [1.29, 1.82) is 0 Å². The Bertz CT molecular complexity index is 563. The van der Waals surface area contributed by atoms with E-state index >= 15 is 0 Å². The Morgan fingerprint density at radius 3 is 2.80 bits per heavy atom. The minimum atomic E-state index is -0.198. The molecule has 1 heterocycles. The van der Waals surface area contributed by atoms with Crippen LogP contribution in [0.15, 0.2) is 30.5 Å². The predicted molar refractivity (Wildman–Crippen MR) is 79.2 cm³/mol. The monoisotopic (exact) mass is 275 g/mol. The highest BCUT2D eigenvalue weighted by atomic mass is 19.1. The van der Waals surface area contributed by atoms with Crippen LogP contribution in [0.2, 0.25) is 0 Å². The summed E-state index contributed by atoms with van der Waals surface area (Å²) in [7, 11) is 0. The molecule has 20 heavy (non-hydrogen) atoms. The molecule has 0 saturated carbocycles. The Balaban J connectivity index is 2.44. The van der Waals surface area contributed by atoms with Crippen molar-refractivity contribution >= 4 is 0 Å². The van der Waals surface area contributed by atoms with Crippen molar-refractivity contribution in [2.24, 2.45) is 0 Å². The molecule has 108 valence electrons. The summed E-state index contributed by atoms with van der Waals surface area (Å²) in [5.41, 5.74) is 3.15. The molecule has 2 aromatic rings. The third kappa shape index (κ3) is 3.07. The molecule has 0 fully saturated rings. The Morgan fingerprint density at radius 1 is 1.30 bits per heavy atom. The zero-order chi connectivity index (χ0) is 14.5. The van der Waals surface area contributed by atoms with Crippen LogP contribution in [0, 0.1) is 12.7 Å². The highest BCUT2D eigenvalue weighted by Gasteiger charge is 2.19. The largest absolute Gasteiger partial charge is 0.305 e. The molecule has 3 nitrogen and oxygen atoms in total. The van der Waals surface area contributed by atoms with Crippen molar-refractivity contribution in [3.63, 3.8) is 0 Å². The summed E-state index contributed by atoms with van der Waals surface area (Å²) in [6.07, 6.45) is 2.83. The van der Waals surface area contributed by atoms with Gasteiger partial charge in [-0.3, -0.25) is 4.68 Å². The van der Waals surface area contributed by atoms with Crippen molar-refractivity contribution in [2.75, 3.05) is 6.54 Å². The van der Waals surface area contributed by atoms with Gasteiger partial charge in [0.1, 0.15) is 5.82 Å². The van der Waals surface area contributed by atoms with Gasteiger partial charge in [0.05, 0.1) is 11.7 Å². The molecular formula is C16H22FN3. The second kappa shape index (κ2) is 6.66. The van der Waals surface area contributed by atoms with Gasteiger partial charge in [0.15, 0.2) is 0 Å². The highest BCUT2D eigenvalue weighted by molar-refractivity contribution is 5.34. The molecule has 0 aliphatic heterocycles. The lowest BCUT2D eigenvalue weighted by molar-refractivity contribution is 0.525. The SMILES string of the molecule is CCCNC(c1cc(F)ccc1C)c1ccnn1CC. The first-order valence-electron chi connectivity index (χ1n) is 7.18. The number of halogens is 1. The number of nitrogens with zero attached hydrogens (tertiary/aromatic N) is 2. The summed E-state index contributed by atoms with van der Waals surface area (Å²) < 4.78 is 15.6. The smallest absolute Gasteiger partial charge is 0.123 e. The molecular weight excluding hydrogens is 253 g/mol. The summed E-state index contributed by atoms with van der Waals surface area (Å²) >= 11 is 0. The number of hydrogen-bond donors (Lipinski definition) is 1. The van der Waals surface area contributed by atoms with E-state index in [1.54, 1.807) is 12.3 Å². The number of benzene rings is 1. The molecule has 0 radical (unpaired) electrons. The molecule has 1 N–H and O–H groups in total. The van der Waals surface area contributed by atoms with E-state index in [4.69, 9.17) is 0 Å². The first-order chi connectivity index (χ1) is 9.67. The Labute approximate surface area is 119 Å². The number of nitrogens with one attached hydrogen (secondary N) is 1. The Hall–Kier alpha value is -1.68. The summed E-state index contributed by atoms with van der Waals surface area (Å²) in [6.45, 7) is 7.89. The zero-order valence-corrected chi connectivity index (χ0v) is 12.4. The first-order valence-corrected chi connectivity index (χ1v) is 7.18. The van der Waals surface area contributed by atoms with Gasteiger partial charge in [-0.1, -0.05) is 13.0 Å². The maximum atomic E-state index is 13.6. The van der Waals surface area contributed by atoms with Gasteiger partial charge in [0.2, 0.25) is 0 Å². The van der Waals surface area contributed by atoms with E-state index in [9.17, 15) is 4.39 Å². The van der Waals surface area contributed by atoms with Crippen molar-refractivity contribution in [3.8, 4) is 0 Å². The first kappa shape index (κ1) is 14.7. The van der Waals surface area contributed by atoms with Crippen molar-refractivity contribution in [1.82, 2.24) is 15.1 Å². The number of aromatic nitrogens is 2. The summed E-state index contributed by atoms with van der Waals surface area (Å²) in [6, 6.07) is 6.94. The average molecular weight is 275 g/mol. The molecule has 0 aliphatic rings. The molecule has 0 bridgehead atoms. The third-order valence-corrected chi connectivity index (χ3v) is 3.50. The molecule has 1 aromatic heterocycles. The fourth-order valence-corrected chi connectivity index (χ4v) is 2.44. The maximum Gasteiger partial charge on any atom is 0.123 e. The van der Waals surface area contributed by atoms with Crippen LogP contribution in [-0.4, -0.2) is 16.3 Å². The van der Waals surface area contributed by atoms with Gasteiger partial charge in [0.25, 0.3) is 0 Å². The molecule has 1 aromatic carbocycles.